The van der Waals surface area contributed by atoms with Crippen molar-refractivity contribution in [3.8, 4) is 0 Å². The Bertz CT molecular complexity index is 524. The van der Waals surface area contributed by atoms with E-state index in [1.54, 1.807) is 7.05 Å². The predicted molar refractivity (Wildman–Crippen MR) is 75.3 cm³/mol. The molecule has 1 rings (SSSR count). The SMILES string of the molecule is CCC(C)(C)N(C)S(=O)(=O)c1cc(CCl)oc1Br. The number of hydrogen-bond acceptors (Lipinski definition) is 3. The lowest BCUT2D eigenvalue weighted by atomic mass is 10.0. The normalized spacial score (nSPS) is 13.3. The summed E-state index contributed by atoms with van der Waals surface area (Å²) < 4.78 is 31.7. The molecule has 0 unspecified atom stereocenters. The molecule has 1 aromatic heterocycles. The number of hydrogen-bond donors (Lipinski definition) is 0. The molecule has 0 saturated heterocycles. The van der Waals surface area contributed by atoms with Crippen LogP contribution in [0.15, 0.2) is 20.0 Å². The van der Waals surface area contributed by atoms with Crippen molar-refractivity contribution < 1.29 is 12.8 Å². The number of halogens is 2. The Morgan fingerprint density at radius 2 is 2.06 bits per heavy atom. The molecule has 0 aromatic carbocycles. The molecule has 0 N–H and O–H groups in total. The number of nitrogens with zero attached hydrogens (tertiary/aromatic N) is 1. The summed E-state index contributed by atoms with van der Waals surface area (Å²) in [6.07, 6.45) is 0.709. The maximum Gasteiger partial charge on any atom is 0.247 e. The van der Waals surface area contributed by atoms with Gasteiger partial charge in [-0.25, -0.2) is 8.42 Å². The third kappa shape index (κ3) is 2.92. The highest BCUT2D eigenvalue weighted by Crippen LogP contribution is 2.32. The lowest BCUT2D eigenvalue weighted by molar-refractivity contribution is 0.257. The maximum absolute atomic E-state index is 12.5. The van der Waals surface area contributed by atoms with Gasteiger partial charge in [-0.05, 0) is 36.2 Å². The summed E-state index contributed by atoms with van der Waals surface area (Å²) in [4.78, 5) is 0.113. The fourth-order valence-electron chi connectivity index (χ4n) is 1.34. The van der Waals surface area contributed by atoms with Gasteiger partial charge in [-0.2, -0.15) is 4.31 Å². The Hall–Kier alpha value is -0.0400. The van der Waals surface area contributed by atoms with Crippen LogP contribution in [-0.4, -0.2) is 25.3 Å². The second-order valence-corrected chi connectivity index (χ2v) is 7.55. The zero-order valence-corrected chi connectivity index (χ0v) is 14.0. The summed E-state index contributed by atoms with van der Waals surface area (Å²) in [7, 11) is -2.03. The molecule has 0 bridgehead atoms. The van der Waals surface area contributed by atoms with Gasteiger partial charge in [-0.1, -0.05) is 6.92 Å². The molecule has 7 heteroatoms. The van der Waals surface area contributed by atoms with E-state index in [0.717, 1.165) is 0 Å². The second kappa shape index (κ2) is 5.53. The van der Waals surface area contributed by atoms with Gasteiger partial charge in [0.05, 0.1) is 5.88 Å². The molecule has 0 spiro atoms. The summed E-state index contributed by atoms with van der Waals surface area (Å²) in [5, 5.41) is 0. The van der Waals surface area contributed by atoms with Crippen LogP contribution >= 0.6 is 27.5 Å². The van der Waals surface area contributed by atoms with Gasteiger partial charge in [0.15, 0.2) is 4.67 Å². The van der Waals surface area contributed by atoms with Crippen LogP contribution in [-0.2, 0) is 15.9 Å². The van der Waals surface area contributed by atoms with Crippen molar-refractivity contribution >= 4 is 37.6 Å². The van der Waals surface area contributed by atoms with Crippen LogP contribution in [0.4, 0.5) is 0 Å². The first kappa shape index (κ1) is 16.0. The molecular formula is C11H17BrClNO3S. The summed E-state index contributed by atoms with van der Waals surface area (Å²) >= 11 is 8.76. The van der Waals surface area contributed by atoms with E-state index in [2.05, 4.69) is 15.9 Å². The molecular weight excluding hydrogens is 342 g/mol. The minimum atomic E-state index is -3.59. The largest absolute Gasteiger partial charge is 0.452 e. The Morgan fingerprint density at radius 3 is 2.44 bits per heavy atom. The molecule has 1 heterocycles. The molecule has 0 amide bonds. The summed E-state index contributed by atoms with van der Waals surface area (Å²) in [6, 6.07) is 1.45. The van der Waals surface area contributed by atoms with Crippen molar-refractivity contribution in [2.75, 3.05) is 7.05 Å². The molecule has 0 fully saturated rings. The van der Waals surface area contributed by atoms with Crippen LogP contribution in [0.1, 0.15) is 33.0 Å². The Kier molecular flexibility index (Phi) is 4.92. The van der Waals surface area contributed by atoms with E-state index in [9.17, 15) is 8.42 Å². The van der Waals surface area contributed by atoms with Crippen LogP contribution < -0.4 is 0 Å². The third-order valence-corrected chi connectivity index (χ3v) is 6.38. The van der Waals surface area contributed by atoms with Crippen LogP contribution in [0.2, 0.25) is 0 Å². The van der Waals surface area contributed by atoms with E-state index in [0.29, 0.717) is 12.2 Å². The van der Waals surface area contributed by atoms with Crippen LogP contribution in [0, 0.1) is 0 Å². The van der Waals surface area contributed by atoms with Crippen molar-refractivity contribution in [2.45, 2.75) is 43.5 Å². The zero-order chi connectivity index (χ0) is 14.1. The third-order valence-electron chi connectivity index (χ3n) is 3.19. The minimum Gasteiger partial charge on any atom is -0.452 e. The highest BCUT2D eigenvalue weighted by molar-refractivity contribution is 9.10. The van der Waals surface area contributed by atoms with E-state index in [-0.39, 0.29) is 15.4 Å². The molecule has 1 aromatic rings. The highest BCUT2D eigenvalue weighted by atomic mass is 79.9. The molecule has 4 nitrogen and oxygen atoms in total. The summed E-state index contributed by atoms with van der Waals surface area (Å²) in [5.74, 6) is 0.555. The quantitative estimate of drug-likeness (QED) is 0.756. The van der Waals surface area contributed by atoms with Crippen molar-refractivity contribution in [3.05, 3.63) is 16.5 Å². The van der Waals surface area contributed by atoms with Gasteiger partial charge in [0.1, 0.15) is 10.7 Å². The lowest BCUT2D eigenvalue weighted by Crippen LogP contribution is -2.44. The number of alkyl halides is 1. The second-order valence-electron chi connectivity index (χ2n) is 4.62. The van der Waals surface area contributed by atoms with Crippen molar-refractivity contribution in [3.63, 3.8) is 0 Å². The van der Waals surface area contributed by atoms with Crippen molar-refractivity contribution in [2.24, 2.45) is 0 Å². The molecule has 104 valence electrons. The first-order valence-electron chi connectivity index (χ1n) is 5.50. The number of sulfonamides is 1. The fraction of sp³-hybridized carbons (Fsp3) is 0.636. The fourth-order valence-corrected chi connectivity index (χ4v) is 4.00. The topological polar surface area (TPSA) is 50.5 Å². The Morgan fingerprint density at radius 1 is 1.50 bits per heavy atom. The number of furan rings is 1. The van der Waals surface area contributed by atoms with Crippen molar-refractivity contribution in [1.29, 1.82) is 0 Å². The van der Waals surface area contributed by atoms with Gasteiger partial charge in [0, 0.05) is 18.7 Å². The standard InChI is InChI=1S/C11H17BrClNO3S/c1-5-11(2,3)14(4)18(15,16)9-6-8(7-13)17-10(9)12/h6H,5,7H2,1-4H3. The predicted octanol–water partition coefficient (Wildman–Crippen LogP) is 3.59. The average molecular weight is 359 g/mol. The van der Waals surface area contributed by atoms with Gasteiger partial charge in [0.25, 0.3) is 0 Å². The first-order valence-corrected chi connectivity index (χ1v) is 8.26. The van der Waals surface area contributed by atoms with Crippen LogP contribution in [0.25, 0.3) is 0 Å². The van der Waals surface area contributed by atoms with E-state index in [1.807, 2.05) is 20.8 Å². The van der Waals surface area contributed by atoms with Crippen molar-refractivity contribution in [1.82, 2.24) is 4.31 Å². The smallest absolute Gasteiger partial charge is 0.247 e. The summed E-state index contributed by atoms with van der Waals surface area (Å²) in [6.45, 7) is 5.70. The van der Waals surface area contributed by atoms with Crippen LogP contribution in [0.5, 0.6) is 0 Å². The Balaban J connectivity index is 3.25. The minimum absolute atomic E-state index is 0.113. The van der Waals surface area contributed by atoms with Gasteiger partial charge in [-0.15, -0.1) is 11.6 Å². The first-order chi connectivity index (χ1) is 8.16. The highest BCUT2D eigenvalue weighted by Gasteiger charge is 2.35. The lowest BCUT2D eigenvalue weighted by Gasteiger charge is -2.33. The van der Waals surface area contributed by atoms with Crippen LogP contribution in [0.3, 0.4) is 0 Å². The number of rotatable bonds is 5. The van der Waals surface area contributed by atoms with E-state index >= 15 is 0 Å². The monoisotopic (exact) mass is 357 g/mol. The zero-order valence-electron chi connectivity index (χ0n) is 10.8. The molecule has 0 aliphatic carbocycles. The van der Waals surface area contributed by atoms with Gasteiger partial charge in [-0.3, -0.25) is 0 Å². The molecule has 0 radical (unpaired) electrons. The van der Waals surface area contributed by atoms with E-state index in [1.165, 1.54) is 10.4 Å². The van der Waals surface area contributed by atoms with E-state index in [4.69, 9.17) is 16.0 Å². The summed E-state index contributed by atoms with van der Waals surface area (Å²) in [5.41, 5.74) is -0.462. The molecule has 18 heavy (non-hydrogen) atoms. The van der Waals surface area contributed by atoms with E-state index < -0.39 is 15.6 Å². The average Bonchev–Trinajstić information content (AvgIpc) is 2.70. The molecule has 0 saturated carbocycles. The molecule has 0 atom stereocenters. The van der Waals surface area contributed by atoms with Gasteiger partial charge >= 0.3 is 0 Å². The maximum atomic E-state index is 12.5. The molecule has 0 aliphatic rings. The van der Waals surface area contributed by atoms with Gasteiger partial charge < -0.3 is 4.42 Å². The molecule has 0 aliphatic heterocycles. The van der Waals surface area contributed by atoms with Gasteiger partial charge in [0.2, 0.25) is 10.0 Å². The Labute approximate surface area is 121 Å².